The van der Waals surface area contributed by atoms with Crippen LogP contribution in [0, 0.1) is 6.92 Å². The summed E-state index contributed by atoms with van der Waals surface area (Å²) in [5.74, 6) is 0.252. The first-order valence-corrected chi connectivity index (χ1v) is 9.10. The van der Waals surface area contributed by atoms with Crippen molar-refractivity contribution in [2.24, 2.45) is 7.05 Å². The molecule has 0 radical (unpaired) electrons. The Morgan fingerprint density at radius 2 is 2.12 bits per heavy atom. The SMILES string of the molecule is CO[C@H]1C[C@@H](CN2CCCC2)N(C(=O)CCc2cnn(C)c2C)C1. The maximum Gasteiger partial charge on any atom is 0.223 e. The van der Waals surface area contributed by atoms with E-state index in [9.17, 15) is 4.79 Å². The number of aryl methyl sites for hydroxylation is 2. The minimum atomic E-state index is 0.182. The molecule has 0 unspecified atom stereocenters. The van der Waals surface area contributed by atoms with E-state index in [0.29, 0.717) is 12.5 Å². The van der Waals surface area contributed by atoms with Gasteiger partial charge in [0.1, 0.15) is 0 Å². The molecule has 0 aromatic carbocycles. The predicted molar refractivity (Wildman–Crippen MR) is 92.9 cm³/mol. The third-order valence-electron chi connectivity index (χ3n) is 5.64. The molecular weight excluding hydrogens is 304 g/mol. The Balaban J connectivity index is 1.58. The zero-order valence-electron chi connectivity index (χ0n) is 15.2. The smallest absolute Gasteiger partial charge is 0.223 e. The van der Waals surface area contributed by atoms with E-state index in [0.717, 1.165) is 31.6 Å². The summed E-state index contributed by atoms with van der Waals surface area (Å²) in [6.07, 6.45) is 6.92. The van der Waals surface area contributed by atoms with E-state index in [1.807, 2.05) is 17.9 Å². The molecule has 2 atom stereocenters. The molecule has 6 nitrogen and oxygen atoms in total. The molecule has 3 heterocycles. The maximum atomic E-state index is 12.8. The van der Waals surface area contributed by atoms with E-state index in [1.165, 1.54) is 31.5 Å². The number of likely N-dealkylation sites (tertiary alicyclic amines) is 2. The molecule has 2 fully saturated rings. The molecule has 0 saturated carbocycles. The Kier molecular flexibility index (Phi) is 5.56. The normalized spacial score (nSPS) is 24.9. The summed E-state index contributed by atoms with van der Waals surface area (Å²) in [5, 5.41) is 4.27. The summed E-state index contributed by atoms with van der Waals surface area (Å²) in [5.41, 5.74) is 2.32. The molecule has 0 aliphatic carbocycles. The van der Waals surface area contributed by atoms with Crippen molar-refractivity contribution < 1.29 is 9.53 Å². The first-order valence-electron chi connectivity index (χ1n) is 9.10. The second-order valence-corrected chi connectivity index (χ2v) is 7.18. The van der Waals surface area contributed by atoms with Crippen LogP contribution < -0.4 is 0 Å². The van der Waals surface area contributed by atoms with Gasteiger partial charge in [-0.05, 0) is 51.3 Å². The van der Waals surface area contributed by atoms with Crippen molar-refractivity contribution >= 4 is 5.91 Å². The number of nitrogens with zero attached hydrogens (tertiary/aromatic N) is 4. The van der Waals surface area contributed by atoms with Gasteiger partial charge in [0.25, 0.3) is 0 Å². The highest BCUT2D eigenvalue weighted by Gasteiger charge is 2.36. The predicted octanol–water partition coefficient (Wildman–Crippen LogP) is 1.37. The second kappa shape index (κ2) is 7.66. The fraction of sp³-hybridized carbons (Fsp3) is 0.778. The quantitative estimate of drug-likeness (QED) is 0.788. The van der Waals surface area contributed by atoms with Crippen molar-refractivity contribution in [2.45, 2.75) is 51.2 Å². The minimum Gasteiger partial charge on any atom is -0.380 e. The highest BCUT2D eigenvalue weighted by atomic mass is 16.5. The van der Waals surface area contributed by atoms with Crippen LogP contribution in [0.1, 0.15) is 36.9 Å². The molecular formula is C18H30N4O2. The van der Waals surface area contributed by atoms with E-state index < -0.39 is 0 Å². The molecule has 134 valence electrons. The lowest BCUT2D eigenvalue weighted by Gasteiger charge is -2.28. The Morgan fingerprint density at radius 3 is 2.75 bits per heavy atom. The highest BCUT2D eigenvalue weighted by Crippen LogP contribution is 2.24. The van der Waals surface area contributed by atoms with Gasteiger partial charge in [0.2, 0.25) is 5.91 Å². The average Bonchev–Trinajstić information content (AvgIpc) is 3.29. The number of carbonyl (C=O) groups excluding carboxylic acids is 1. The third kappa shape index (κ3) is 3.81. The molecule has 0 bridgehead atoms. The van der Waals surface area contributed by atoms with Crippen LogP contribution in [0.2, 0.25) is 0 Å². The fourth-order valence-electron chi connectivity index (χ4n) is 3.96. The third-order valence-corrected chi connectivity index (χ3v) is 5.64. The van der Waals surface area contributed by atoms with Crippen LogP contribution in [0.15, 0.2) is 6.20 Å². The van der Waals surface area contributed by atoms with Gasteiger partial charge in [0.05, 0.1) is 12.3 Å². The van der Waals surface area contributed by atoms with Crippen molar-refractivity contribution in [2.75, 3.05) is 33.3 Å². The molecule has 2 saturated heterocycles. The zero-order chi connectivity index (χ0) is 17.1. The van der Waals surface area contributed by atoms with E-state index in [1.54, 1.807) is 7.11 Å². The summed E-state index contributed by atoms with van der Waals surface area (Å²) in [7, 11) is 3.70. The lowest BCUT2D eigenvalue weighted by atomic mass is 10.1. The number of methoxy groups -OCH3 is 1. The summed E-state index contributed by atoms with van der Waals surface area (Å²) in [4.78, 5) is 17.4. The average molecular weight is 334 g/mol. The Hall–Kier alpha value is -1.40. The summed E-state index contributed by atoms with van der Waals surface area (Å²) >= 11 is 0. The monoisotopic (exact) mass is 334 g/mol. The van der Waals surface area contributed by atoms with E-state index in [2.05, 4.69) is 21.8 Å². The van der Waals surface area contributed by atoms with Crippen LogP contribution in [-0.2, 0) is 23.0 Å². The molecule has 1 aromatic heterocycles. The molecule has 1 aromatic rings. The number of hydrogen-bond acceptors (Lipinski definition) is 4. The minimum absolute atomic E-state index is 0.182. The number of ether oxygens (including phenoxy) is 1. The largest absolute Gasteiger partial charge is 0.380 e. The molecule has 0 N–H and O–H groups in total. The molecule has 24 heavy (non-hydrogen) atoms. The zero-order valence-corrected chi connectivity index (χ0v) is 15.2. The van der Waals surface area contributed by atoms with E-state index in [-0.39, 0.29) is 12.0 Å². The number of aromatic nitrogens is 2. The van der Waals surface area contributed by atoms with Crippen molar-refractivity contribution in [3.05, 3.63) is 17.5 Å². The van der Waals surface area contributed by atoms with Gasteiger partial charge in [-0.1, -0.05) is 0 Å². The van der Waals surface area contributed by atoms with Gasteiger partial charge in [0.15, 0.2) is 0 Å². The fourth-order valence-corrected chi connectivity index (χ4v) is 3.96. The topological polar surface area (TPSA) is 50.6 Å². The first kappa shape index (κ1) is 17.4. The van der Waals surface area contributed by atoms with Gasteiger partial charge >= 0.3 is 0 Å². The lowest BCUT2D eigenvalue weighted by molar-refractivity contribution is -0.132. The van der Waals surface area contributed by atoms with Gasteiger partial charge < -0.3 is 14.5 Å². The van der Waals surface area contributed by atoms with E-state index in [4.69, 9.17) is 4.74 Å². The van der Waals surface area contributed by atoms with Crippen LogP contribution in [0.25, 0.3) is 0 Å². The molecule has 2 aliphatic rings. The second-order valence-electron chi connectivity index (χ2n) is 7.18. The van der Waals surface area contributed by atoms with Gasteiger partial charge in [0, 0.05) is 45.4 Å². The number of hydrogen-bond donors (Lipinski definition) is 0. The Morgan fingerprint density at radius 1 is 1.38 bits per heavy atom. The van der Waals surface area contributed by atoms with Crippen LogP contribution in [0.4, 0.5) is 0 Å². The summed E-state index contributed by atoms with van der Waals surface area (Å²) < 4.78 is 7.41. The van der Waals surface area contributed by atoms with Gasteiger partial charge in [-0.25, -0.2) is 0 Å². The summed E-state index contributed by atoms with van der Waals surface area (Å²) in [6, 6.07) is 0.301. The van der Waals surface area contributed by atoms with Crippen molar-refractivity contribution in [3.8, 4) is 0 Å². The number of carbonyl (C=O) groups is 1. The molecule has 3 rings (SSSR count). The van der Waals surface area contributed by atoms with Gasteiger partial charge in [-0.3, -0.25) is 9.48 Å². The van der Waals surface area contributed by atoms with Crippen LogP contribution in [0.3, 0.4) is 0 Å². The van der Waals surface area contributed by atoms with Crippen molar-refractivity contribution in [1.82, 2.24) is 19.6 Å². The number of amides is 1. The highest BCUT2D eigenvalue weighted by molar-refractivity contribution is 5.77. The Bertz CT molecular complexity index is 565. The Labute approximate surface area is 144 Å². The summed E-state index contributed by atoms with van der Waals surface area (Å²) in [6.45, 7) is 6.13. The van der Waals surface area contributed by atoms with Crippen LogP contribution in [0.5, 0.6) is 0 Å². The molecule has 6 heteroatoms. The maximum absolute atomic E-state index is 12.8. The number of rotatable bonds is 6. The van der Waals surface area contributed by atoms with Gasteiger partial charge in [-0.2, -0.15) is 5.10 Å². The van der Waals surface area contributed by atoms with Crippen molar-refractivity contribution in [3.63, 3.8) is 0 Å². The molecule has 0 spiro atoms. The van der Waals surface area contributed by atoms with E-state index >= 15 is 0 Å². The van der Waals surface area contributed by atoms with Gasteiger partial charge in [-0.15, -0.1) is 0 Å². The lowest BCUT2D eigenvalue weighted by Crippen LogP contribution is -2.42. The van der Waals surface area contributed by atoms with Crippen molar-refractivity contribution in [1.29, 1.82) is 0 Å². The molecule has 1 amide bonds. The van der Waals surface area contributed by atoms with Crippen LogP contribution >= 0.6 is 0 Å². The van der Waals surface area contributed by atoms with Crippen LogP contribution in [-0.4, -0.2) is 70.9 Å². The standard InChI is InChI=1S/C18H30N4O2/c1-14-15(11-19-20(14)2)6-7-18(23)22-13-17(24-3)10-16(22)12-21-8-4-5-9-21/h11,16-17H,4-10,12-13H2,1-3H3/t16-,17-/m0/s1. The first-order chi connectivity index (χ1) is 11.6. The molecule has 2 aliphatic heterocycles.